The van der Waals surface area contributed by atoms with Gasteiger partial charge in [0.1, 0.15) is 11.6 Å². The molecule has 130 valence electrons. The first-order valence-electron chi connectivity index (χ1n) is 8.18. The molecule has 2 aromatic carbocycles. The molecule has 1 fully saturated rings. The van der Waals surface area contributed by atoms with Gasteiger partial charge in [0.25, 0.3) is 0 Å². The van der Waals surface area contributed by atoms with Crippen molar-refractivity contribution < 1.29 is 13.9 Å². The van der Waals surface area contributed by atoms with E-state index in [4.69, 9.17) is 0 Å². The molecule has 0 unspecified atom stereocenters. The maximum atomic E-state index is 13.3. The van der Waals surface area contributed by atoms with Crippen molar-refractivity contribution in [3.63, 3.8) is 0 Å². The Kier molecular flexibility index (Phi) is 5.23. The highest BCUT2D eigenvalue weighted by Gasteiger charge is 2.31. The molecule has 1 heterocycles. The quantitative estimate of drug-likeness (QED) is 0.855. The highest BCUT2D eigenvalue weighted by molar-refractivity contribution is 8.33. The van der Waals surface area contributed by atoms with Crippen molar-refractivity contribution in [2.75, 3.05) is 18.6 Å². The lowest BCUT2D eigenvalue weighted by Gasteiger charge is -2.40. The Balaban J connectivity index is 1.96. The monoisotopic (exact) mass is 351 g/mol. The summed E-state index contributed by atoms with van der Waals surface area (Å²) in [5.74, 6) is 0.0114. The minimum Gasteiger partial charge on any atom is -0.391 e. The van der Waals surface area contributed by atoms with Crippen molar-refractivity contribution in [3.05, 3.63) is 60.2 Å². The third-order valence-electron chi connectivity index (χ3n) is 4.73. The second kappa shape index (κ2) is 7.21. The molecule has 0 aliphatic carbocycles. The fourth-order valence-corrected chi connectivity index (χ4v) is 6.34. The lowest BCUT2D eigenvalue weighted by molar-refractivity contribution is 0.158. The van der Waals surface area contributed by atoms with Crippen LogP contribution in [0.1, 0.15) is 12.8 Å². The summed E-state index contributed by atoms with van der Waals surface area (Å²) < 4.78 is 26.7. The molecule has 1 aliphatic rings. The van der Waals surface area contributed by atoms with Gasteiger partial charge in [-0.25, -0.2) is 8.78 Å². The lowest BCUT2D eigenvalue weighted by Crippen LogP contribution is -2.38. The van der Waals surface area contributed by atoms with Gasteiger partial charge in [-0.15, -0.1) is 0 Å². The molecule has 3 rings (SSSR count). The third kappa shape index (κ3) is 3.63. The van der Waals surface area contributed by atoms with Crippen LogP contribution in [0.15, 0.2) is 58.3 Å². The zero-order valence-electron chi connectivity index (χ0n) is 13.7. The Morgan fingerprint density at radius 3 is 1.96 bits per heavy atom. The summed E-state index contributed by atoms with van der Waals surface area (Å²) in [5, 5.41) is 14.1. The number of benzene rings is 2. The topological polar surface area (TPSA) is 32.3 Å². The van der Waals surface area contributed by atoms with Gasteiger partial charge in [-0.2, -0.15) is 10.0 Å². The molecule has 0 amide bonds. The first-order chi connectivity index (χ1) is 11.5. The maximum absolute atomic E-state index is 13.3. The fraction of sp³-hybridized carbons (Fsp3) is 0.368. The van der Waals surface area contributed by atoms with Gasteiger partial charge in [0.15, 0.2) is 0 Å². The number of hydrogen-bond acceptors (Lipinski definition) is 2. The number of hydrogen-bond donors (Lipinski definition) is 2. The second-order valence-electron chi connectivity index (χ2n) is 6.43. The van der Waals surface area contributed by atoms with E-state index in [0.717, 1.165) is 29.2 Å². The molecule has 2 nitrogen and oxygen atoms in total. The Morgan fingerprint density at radius 1 is 1.04 bits per heavy atom. The molecule has 0 radical (unpaired) electrons. The van der Waals surface area contributed by atoms with Crippen LogP contribution in [-0.4, -0.2) is 35.8 Å². The first kappa shape index (κ1) is 17.4. The van der Waals surface area contributed by atoms with Crippen molar-refractivity contribution >= 4 is 10.0 Å². The van der Waals surface area contributed by atoms with E-state index in [1.807, 2.05) is 0 Å². The molecule has 0 bridgehead atoms. The van der Waals surface area contributed by atoms with Gasteiger partial charge in [0.05, 0.1) is 6.10 Å². The average Bonchev–Trinajstić information content (AvgIpc) is 3.10. The number of aliphatic hydroxyl groups excluding tert-OH is 1. The van der Waals surface area contributed by atoms with Crippen LogP contribution < -0.4 is 5.32 Å². The Labute approximate surface area is 143 Å². The van der Waals surface area contributed by atoms with Gasteiger partial charge in [-0.1, -0.05) is 0 Å². The molecule has 24 heavy (non-hydrogen) atoms. The molecule has 2 aromatic rings. The van der Waals surface area contributed by atoms with Crippen LogP contribution in [0.2, 0.25) is 0 Å². The Bertz CT molecular complexity index is 623. The number of nitrogens with one attached hydrogen (secondary N) is 1. The van der Waals surface area contributed by atoms with E-state index >= 15 is 0 Å². The van der Waals surface area contributed by atoms with Crippen molar-refractivity contribution in [2.45, 2.75) is 34.8 Å². The van der Waals surface area contributed by atoms with Gasteiger partial charge in [-0.05, 0) is 84.0 Å². The molecule has 5 heteroatoms. The van der Waals surface area contributed by atoms with Crippen LogP contribution in [0.4, 0.5) is 8.78 Å². The van der Waals surface area contributed by atoms with Gasteiger partial charge >= 0.3 is 0 Å². The van der Waals surface area contributed by atoms with Crippen LogP contribution in [0.3, 0.4) is 0 Å². The van der Waals surface area contributed by atoms with Crippen molar-refractivity contribution in [3.8, 4) is 0 Å². The van der Waals surface area contributed by atoms with E-state index in [2.05, 4.69) is 11.6 Å². The molecule has 2 atom stereocenters. The minimum absolute atomic E-state index is 0.0951. The van der Waals surface area contributed by atoms with Gasteiger partial charge in [-0.3, -0.25) is 0 Å². The second-order valence-corrected chi connectivity index (χ2v) is 9.88. The first-order valence-corrected chi connectivity index (χ1v) is 10.4. The minimum atomic E-state index is -1.59. The number of rotatable bonds is 5. The van der Waals surface area contributed by atoms with Crippen LogP contribution in [0, 0.1) is 11.6 Å². The lowest BCUT2D eigenvalue weighted by atomic mass is 10.1. The van der Waals surface area contributed by atoms with Crippen molar-refractivity contribution in [1.82, 2.24) is 5.32 Å². The molecular weight excluding hydrogens is 328 g/mol. The van der Waals surface area contributed by atoms with Crippen LogP contribution in [0.25, 0.3) is 0 Å². The van der Waals surface area contributed by atoms with Gasteiger partial charge < -0.3 is 10.4 Å². The Hall–Kier alpha value is -1.43. The zero-order chi connectivity index (χ0) is 17.2. The van der Waals surface area contributed by atoms with E-state index in [1.165, 1.54) is 24.3 Å². The third-order valence-corrected chi connectivity index (χ3v) is 8.37. The summed E-state index contributed by atoms with van der Waals surface area (Å²) in [6.07, 6.45) is 3.65. The molecule has 0 saturated carbocycles. The van der Waals surface area contributed by atoms with Crippen LogP contribution >= 0.6 is 10.0 Å². The fourth-order valence-electron chi connectivity index (χ4n) is 3.30. The molecule has 0 spiro atoms. The van der Waals surface area contributed by atoms with E-state index in [-0.39, 0.29) is 17.7 Å². The number of halogens is 2. The molecular formula is C19H23F2NOS. The smallest absolute Gasteiger partial charge is 0.123 e. The van der Waals surface area contributed by atoms with Gasteiger partial charge in [0, 0.05) is 11.8 Å². The molecule has 2 N–H and O–H groups in total. The van der Waals surface area contributed by atoms with Gasteiger partial charge in [0.2, 0.25) is 0 Å². The summed E-state index contributed by atoms with van der Waals surface area (Å²) in [6.45, 7) is 0.931. The molecule has 1 saturated heterocycles. The summed E-state index contributed by atoms with van der Waals surface area (Å²) in [4.78, 5) is 1.99. The number of aliphatic hydroxyl groups is 1. The predicted octanol–water partition coefficient (Wildman–Crippen LogP) is 3.93. The van der Waals surface area contributed by atoms with Crippen molar-refractivity contribution in [1.29, 1.82) is 0 Å². The predicted molar refractivity (Wildman–Crippen MR) is 94.7 cm³/mol. The maximum Gasteiger partial charge on any atom is 0.123 e. The largest absolute Gasteiger partial charge is 0.391 e. The van der Waals surface area contributed by atoms with E-state index < -0.39 is 16.1 Å². The zero-order valence-corrected chi connectivity index (χ0v) is 14.5. The van der Waals surface area contributed by atoms with E-state index in [0.29, 0.717) is 5.75 Å². The normalized spacial score (nSPS) is 20.1. The summed E-state index contributed by atoms with van der Waals surface area (Å²) >= 11 is 0. The SMILES string of the molecule is CS(C[C@@H](O)[C@@H]1CCCN1)(c1ccc(F)cc1)c1ccc(F)cc1. The molecule has 1 aliphatic heterocycles. The summed E-state index contributed by atoms with van der Waals surface area (Å²) in [6, 6.07) is 13.0. The molecule has 0 aromatic heterocycles. The highest BCUT2D eigenvalue weighted by Crippen LogP contribution is 2.60. The van der Waals surface area contributed by atoms with Crippen molar-refractivity contribution in [2.24, 2.45) is 0 Å². The summed E-state index contributed by atoms with van der Waals surface area (Å²) in [5.41, 5.74) is 0. The summed E-state index contributed by atoms with van der Waals surface area (Å²) in [7, 11) is -1.59. The van der Waals surface area contributed by atoms with E-state index in [9.17, 15) is 13.9 Å². The van der Waals surface area contributed by atoms with Crippen LogP contribution in [0.5, 0.6) is 0 Å². The van der Waals surface area contributed by atoms with Crippen LogP contribution in [-0.2, 0) is 0 Å². The standard InChI is InChI=1S/C19H23F2NOS/c1-24(16-8-4-14(20)5-9-16,17-10-6-15(21)7-11-17)13-19(23)18-3-2-12-22-18/h4-11,18-19,22-23H,2-3,12-13H2,1H3/t18-,19+/m0/s1. The van der Waals surface area contributed by atoms with E-state index in [1.54, 1.807) is 24.3 Å². The highest BCUT2D eigenvalue weighted by atomic mass is 32.3. The average molecular weight is 351 g/mol. The Morgan fingerprint density at radius 2 is 1.54 bits per heavy atom.